The molecule has 4 rings (SSSR count). The number of nitrogens with one attached hydrogen (secondary N) is 1. The lowest BCUT2D eigenvalue weighted by atomic mass is 10.1. The van der Waals surface area contributed by atoms with E-state index in [0.717, 1.165) is 45.2 Å². The van der Waals surface area contributed by atoms with Gasteiger partial charge in [-0.15, -0.1) is 0 Å². The van der Waals surface area contributed by atoms with Crippen molar-refractivity contribution in [3.8, 4) is 0 Å². The highest BCUT2D eigenvalue weighted by atomic mass is 32.2. The standard InChI is InChI=1S/C15H27N3O2S/c19-21(20,18-11-12-4-7-14(18)9-12)17-8-2-1-3-15(17)10-16-13-5-6-13/h12-16H,1-11H2. The Bertz CT molecular complexity index is 491. The fourth-order valence-corrected chi connectivity index (χ4v) is 6.52. The average Bonchev–Trinajstić information content (AvgIpc) is 3.07. The molecule has 4 aliphatic rings. The Labute approximate surface area is 128 Å². The molecule has 2 bridgehead atoms. The zero-order chi connectivity index (χ0) is 14.4. The van der Waals surface area contributed by atoms with Crippen LogP contribution in [0.5, 0.6) is 0 Å². The molecule has 120 valence electrons. The van der Waals surface area contributed by atoms with Crippen LogP contribution < -0.4 is 5.32 Å². The van der Waals surface area contributed by atoms with Gasteiger partial charge in [-0.3, -0.25) is 0 Å². The molecular formula is C15H27N3O2S. The Balaban J connectivity index is 1.48. The third kappa shape index (κ3) is 2.76. The van der Waals surface area contributed by atoms with Crippen LogP contribution in [0.25, 0.3) is 0 Å². The first-order chi connectivity index (χ1) is 10.1. The number of rotatable bonds is 5. The second-order valence-corrected chi connectivity index (χ2v) is 9.19. The van der Waals surface area contributed by atoms with Crippen LogP contribution in [-0.4, -0.2) is 54.8 Å². The van der Waals surface area contributed by atoms with Crippen LogP contribution in [0.3, 0.4) is 0 Å². The Morgan fingerprint density at radius 2 is 1.86 bits per heavy atom. The molecular weight excluding hydrogens is 286 g/mol. The van der Waals surface area contributed by atoms with Gasteiger partial charge in [-0.1, -0.05) is 6.42 Å². The molecule has 5 nitrogen and oxygen atoms in total. The van der Waals surface area contributed by atoms with Crippen LogP contribution in [0.4, 0.5) is 0 Å². The minimum atomic E-state index is -3.24. The Kier molecular flexibility index (Phi) is 3.76. The van der Waals surface area contributed by atoms with Crippen molar-refractivity contribution in [3.63, 3.8) is 0 Å². The van der Waals surface area contributed by atoms with Gasteiger partial charge in [0.05, 0.1) is 0 Å². The molecule has 2 aliphatic carbocycles. The third-order valence-corrected chi connectivity index (χ3v) is 7.86. The van der Waals surface area contributed by atoms with Crippen molar-refractivity contribution in [1.82, 2.24) is 13.9 Å². The van der Waals surface area contributed by atoms with Crippen molar-refractivity contribution in [1.29, 1.82) is 0 Å². The number of nitrogens with zero attached hydrogens (tertiary/aromatic N) is 2. The van der Waals surface area contributed by atoms with Gasteiger partial charge in [0.25, 0.3) is 10.2 Å². The number of hydrogen-bond acceptors (Lipinski definition) is 3. The molecule has 0 aromatic rings. The molecule has 0 radical (unpaired) electrons. The fraction of sp³-hybridized carbons (Fsp3) is 1.00. The van der Waals surface area contributed by atoms with Crippen molar-refractivity contribution in [3.05, 3.63) is 0 Å². The molecule has 21 heavy (non-hydrogen) atoms. The molecule has 1 N–H and O–H groups in total. The molecule has 2 saturated carbocycles. The molecule has 0 spiro atoms. The van der Waals surface area contributed by atoms with Crippen LogP contribution in [0.15, 0.2) is 0 Å². The maximum Gasteiger partial charge on any atom is 0.282 e. The first kappa shape index (κ1) is 14.4. The van der Waals surface area contributed by atoms with E-state index in [1.807, 2.05) is 8.61 Å². The maximum absolute atomic E-state index is 13.1. The van der Waals surface area contributed by atoms with E-state index in [0.29, 0.717) is 24.5 Å². The van der Waals surface area contributed by atoms with Crippen LogP contribution in [-0.2, 0) is 10.2 Å². The molecule has 2 saturated heterocycles. The minimum Gasteiger partial charge on any atom is -0.312 e. The van der Waals surface area contributed by atoms with E-state index in [9.17, 15) is 8.42 Å². The topological polar surface area (TPSA) is 52.7 Å². The zero-order valence-electron chi connectivity index (χ0n) is 12.7. The Hall–Kier alpha value is -0.170. The van der Waals surface area contributed by atoms with Crippen molar-refractivity contribution in [2.24, 2.45) is 5.92 Å². The smallest absolute Gasteiger partial charge is 0.282 e. The van der Waals surface area contributed by atoms with Gasteiger partial charge < -0.3 is 5.32 Å². The van der Waals surface area contributed by atoms with Gasteiger partial charge in [-0.2, -0.15) is 17.0 Å². The Morgan fingerprint density at radius 3 is 2.52 bits per heavy atom. The summed E-state index contributed by atoms with van der Waals surface area (Å²) in [6.07, 6.45) is 9.10. The zero-order valence-corrected chi connectivity index (χ0v) is 13.5. The molecule has 4 fully saturated rings. The van der Waals surface area contributed by atoms with Crippen LogP contribution in [0.1, 0.15) is 51.4 Å². The summed E-state index contributed by atoms with van der Waals surface area (Å²) in [4.78, 5) is 0. The molecule has 2 heterocycles. The van der Waals surface area contributed by atoms with Crippen molar-refractivity contribution < 1.29 is 8.42 Å². The highest BCUT2D eigenvalue weighted by Crippen LogP contribution is 2.40. The second kappa shape index (κ2) is 5.48. The lowest BCUT2D eigenvalue weighted by Gasteiger charge is -2.39. The molecule has 6 heteroatoms. The molecule has 0 aromatic carbocycles. The van der Waals surface area contributed by atoms with E-state index < -0.39 is 10.2 Å². The van der Waals surface area contributed by atoms with Crippen molar-refractivity contribution in [2.45, 2.75) is 69.5 Å². The van der Waals surface area contributed by atoms with E-state index in [1.54, 1.807) is 0 Å². The molecule has 0 aromatic heterocycles. The SMILES string of the molecule is O=S(=O)(N1CCCCC1CNC1CC1)N1CC2CCC1C2. The number of fused-ring (bicyclic) bond motifs is 2. The first-order valence-corrected chi connectivity index (χ1v) is 10.1. The molecule has 3 unspecified atom stereocenters. The average molecular weight is 313 g/mol. The van der Waals surface area contributed by atoms with Gasteiger partial charge in [0, 0.05) is 37.8 Å². The number of piperidine rings is 2. The van der Waals surface area contributed by atoms with Gasteiger partial charge >= 0.3 is 0 Å². The second-order valence-electron chi connectivity index (χ2n) is 7.35. The summed E-state index contributed by atoms with van der Waals surface area (Å²) < 4.78 is 29.8. The highest BCUT2D eigenvalue weighted by molar-refractivity contribution is 7.86. The summed E-state index contributed by atoms with van der Waals surface area (Å²) >= 11 is 0. The van der Waals surface area contributed by atoms with Crippen LogP contribution >= 0.6 is 0 Å². The van der Waals surface area contributed by atoms with Gasteiger partial charge in [-0.05, 0) is 50.9 Å². The maximum atomic E-state index is 13.1. The number of hydrogen-bond donors (Lipinski definition) is 1. The molecule has 3 atom stereocenters. The lowest BCUT2D eigenvalue weighted by molar-refractivity contribution is 0.215. The van der Waals surface area contributed by atoms with E-state index >= 15 is 0 Å². The normalized spacial score (nSPS) is 38.2. The van der Waals surface area contributed by atoms with Gasteiger partial charge in [0.15, 0.2) is 0 Å². The van der Waals surface area contributed by atoms with Crippen molar-refractivity contribution in [2.75, 3.05) is 19.6 Å². The van der Waals surface area contributed by atoms with E-state index in [2.05, 4.69) is 5.32 Å². The monoisotopic (exact) mass is 313 g/mol. The lowest BCUT2D eigenvalue weighted by Crippen LogP contribution is -2.55. The summed E-state index contributed by atoms with van der Waals surface area (Å²) in [5.41, 5.74) is 0. The van der Waals surface area contributed by atoms with Crippen molar-refractivity contribution >= 4 is 10.2 Å². The molecule has 2 aliphatic heterocycles. The minimum absolute atomic E-state index is 0.170. The van der Waals surface area contributed by atoms with Gasteiger partial charge in [-0.25, -0.2) is 0 Å². The highest BCUT2D eigenvalue weighted by Gasteiger charge is 2.47. The van der Waals surface area contributed by atoms with Crippen LogP contribution in [0, 0.1) is 5.92 Å². The largest absolute Gasteiger partial charge is 0.312 e. The summed E-state index contributed by atoms with van der Waals surface area (Å²) in [5.74, 6) is 0.623. The van der Waals surface area contributed by atoms with E-state index in [1.165, 1.54) is 19.3 Å². The first-order valence-electron chi connectivity index (χ1n) is 8.66. The van der Waals surface area contributed by atoms with E-state index in [4.69, 9.17) is 0 Å². The fourth-order valence-electron chi connectivity index (χ4n) is 4.37. The summed E-state index contributed by atoms with van der Waals surface area (Å²) in [5, 5.41) is 3.53. The summed E-state index contributed by atoms with van der Waals surface area (Å²) in [6, 6.07) is 1.11. The molecule has 0 amide bonds. The quantitative estimate of drug-likeness (QED) is 0.833. The predicted octanol–water partition coefficient (Wildman–Crippen LogP) is 1.32. The van der Waals surface area contributed by atoms with Gasteiger partial charge in [0.1, 0.15) is 0 Å². The Morgan fingerprint density at radius 1 is 1.00 bits per heavy atom. The van der Waals surface area contributed by atoms with Crippen LogP contribution in [0.2, 0.25) is 0 Å². The third-order valence-electron chi connectivity index (χ3n) is 5.74. The summed E-state index contributed by atoms with van der Waals surface area (Å²) in [6.45, 7) is 2.32. The predicted molar refractivity (Wildman–Crippen MR) is 82.1 cm³/mol. The van der Waals surface area contributed by atoms with Gasteiger partial charge in [0.2, 0.25) is 0 Å². The van der Waals surface area contributed by atoms with E-state index in [-0.39, 0.29) is 6.04 Å². The summed E-state index contributed by atoms with van der Waals surface area (Å²) in [7, 11) is -3.24.